The van der Waals surface area contributed by atoms with E-state index in [0.29, 0.717) is 0 Å². The van der Waals surface area contributed by atoms with E-state index in [0.717, 1.165) is 56.9 Å². The first-order valence-corrected chi connectivity index (χ1v) is 8.16. The van der Waals surface area contributed by atoms with Gasteiger partial charge in [0.2, 0.25) is 5.91 Å². The number of nitrogens with one attached hydrogen (secondary N) is 2. The topological polar surface area (TPSA) is 53.6 Å². The number of benzene rings is 1. The Balaban J connectivity index is 1.83. The number of carbonyl (C=O) groups is 1. The summed E-state index contributed by atoms with van der Waals surface area (Å²) in [7, 11) is 1.69. The number of piperidine rings is 1. The van der Waals surface area contributed by atoms with Crippen molar-refractivity contribution in [3.63, 3.8) is 0 Å². The molecule has 0 aliphatic carbocycles. The van der Waals surface area contributed by atoms with Crippen LogP contribution in [0.1, 0.15) is 24.4 Å². The Kier molecular flexibility index (Phi) is 4.95. The first kappa shape index (κ1) is 15.3. The largest absolute Gasteiger partial charge is 0.496 e. The Bertz CT molecular complexity index is 514. The SMILES string of the molecule is COc1ccccc1C1CNCCN1C(=O)C1CCCNC1. The van der Waals surface area contributed by atoms with Crippen LogP contribution in [0.2, 0.25) is 0 Å². The third-order valence-corrected chi connectivity index (χ3v) is 4.67. The molecule has 2 heterocycles. The molecular weight excluding hydrogens is 278 g/mol. The van der Waals surface area contributed by atoms with Gasteiger partial charge >= 0.3 is 0 Å². The van der Waals surface area contributed by atoms with Crippen molar-refractivity contribution in [2.24, 2.45) is 5.92 Å². The van der Waals surface area contributed by atoms with Crippen LogP contribution in [-0.2, 0) is 4.79 Å². The molecule has 2 unspecified atom stereocenters. The lowest BCUT2D eigenvalue weighted by molar-refractivity contribution is -0.139. The maximum Gasteiger partial charge on any atom is 0.227 e. The fourth-order valence-corrected chi connectivity index (χ4v) is 3.48. The van der Waals surface area contributed by atoms with Crippen molar-refractivity contribution in [1.82, 2.24) is 15.5 Å². The minimum atomic E-state index is 0.0549. The van der Waals surface area contributed by atoms with E-state index in [1.807, 2.05) is 23.1 Å². The van der Waals surface area contributed by atoms with Crippen LogP contribution in [0.5, 0.6) is 5.75 Å². The Labute approximate surface area is 132 Å². The summed E-state index contributed by atoms with van der Waals surface area (Å²) in [6.45, 7) is 4.24. The van der Waals surface area contributed by atoms with E-state index in [9.17, 15) is 4.79 Å². The minimum Gasteiger partial charge on any atom is -0.496 e. The molecule has 0 radical (unpaired) electrons. The Morgan fingerprint density at radius 3 is 2.82 bits per heavy atom. The van der Waals surface area contributed by atoms with E-state index in [4.69, 9.17) is 4.74 Å². The first-order valence-electron chi connectivity index (χ1n) is 8.16. The molecule has 2 aliphatic heterocycles. The number of nitrogens with zero attached hydrogens (tertiary/aromatic N) is 1. The average Bonchev–Trinajstić information content (AvgIpc) is 2.62. The monoisotopic (exact) mass is 303 g/mol. The van der Waals surface area contributed by atoms with Gasteiger partial charge in [-0.2, -0.15) is 0 Å². The van der Waals surface area contributed by atoms with Crippen molar-refractivity contribution in [3.05, 3.63) is 29.8 Å². The Morgan fingerprint density at radius 2 is 2.05 bits per heavy atom. The van der Waals surface area contributed by atoms with Crippen LogP contribution < -0.4 is 15.4 Å². The number of para-hydroxylation sites is 1. The lowest BCUT2D eigenvalue weighted by Gasteiger charge is -2.39. The summed E-state index contributed by atoms with van der Waals surface area (Å²) in [5.41, 5.74) is 1.09. The van der Waals surface area contributed by atoms with E-state index in [-0.39, 0.29) is 17.9 Å². The molecular formula is C17H25N3O2. The predicted octanol–water partition coefficient (Wildman–Crippen LogP) is 1.17. The standard InChI is InChI=1S/C17H25N3O2/c1-22-16-7-3-2-6-14(16)15-12-19-9-10-20(15)17(21)13-5-4-8-18-11-13/h2-3,6-7,13,15,18-19H,4-5,8-12H2,1H3. The van der Waals surface area contributed by atoms with Gasteiger partial charge in [0.25, 0.3) is 0 Å². The molecule has 1 aromatic rings. The maximum atomic E-state index is 13.0. The summed E-state index contributed by atoms with van der Waals surface area (Å²) in [4.78, 5) is 15.0. The summed E-state index contributed by atoms with van der Waals surface area (Å²) >= 11 is 0. The summed E-state index contributed by atoms with van der Waals surface area (Å²) in [5, 5.41) is 6.75. The van der Waals surface area contributed by atoms with Gasteiger partial charge in [-0.1, -0.05) is 18.2 Å². The van der Waals surface area contributed by atoms with Crippen LogP contribution in [0.4, 0.5) is 0 Å². The van der Waals surface area contributed by atoms with Crippen molar-refractivity contribution >= 4 is 5.91 Å². The number of methoxy groups -OCH3 is 1. The van der Waals surface area contributed by atoms with Gasteiger partial charge in [0.15, 0.2) is 0 Å². The van der Waals surface area contributed by atoms with Crippen LogP contribution in [0.25, 0.3) is 0 Å². The van der Waals surface area contributed by atoms with Gasteiger partial charge in [-0.05, 0) is 25.5 Å². The van der Waals surface area contributed by atoms with Crippen molar-refractivity contribution < 1.29 is 9.53 Å². The molecule has 1 amide bonds. The lowest BCUT2D eigenvalue weighted by atomic mass is 9.95. The van der Waals surface area contributed by atoms with Gasteiger partial charge in [0.05, 0.1) is 19.1 Å². The number of amides is 1. The third-order valence-electron chi connectivity index (χ3n) is 4.67. The zero-order chi connectivity index (χ0) is 15.4. The molecule has 5 nitrogen and oxygen atoms in total. The third kappa shape index (κ3) is 3.10. The van der Waals surface area contributed by atoms with Crippen LogP contribution in [0, 0.1) is 5.92 Å². The van der Waals surface area contributed by atoms with E-state index in [1.165, 1.54) is 0 Å². The van der Waals surface area contributed by atoms with Gasteiger partial charge in [0.1, 0.15) is 5.75 Å². The maximum absolute atomic E-state index is 13.0. The van der Waals surface area contributed by atoms with E-state index < -0.39 is 0 Å². The second kappa shape index (κ2) is 7.11. The molecule has 2 atom stereocenters. The molecule has 2 N–H and O–H groups in total. The highest BCUT2D eigenvalue weighted by Crippen LogP contribution is 2.31. The van der Waals surface area contributed by atoms with Gasteiger partial charge in [-0.15, -0.1) is 0 Å². The van der Waals surface area contributed by atoms with Crippen LogP contribution in [-0.4, -0.2) is 50.6 Å². The van der Waals surface area contributed by atoms with E-state index in [1.54, 1.807) is 7.11 Å². The van der Waals surface area contributed by atoms with Gasteiger partial charge in [0, 0.05) is 31.7 Å². The molecule has 120 valence electrons. The second-order valence-corrected chi connectivity index (χ2v) is 6.04. The molecule has 1 aromatic carbocycles. The molecule has 2 fully saturated rings. The van der Waals surface area contributed by atoms with Gasteiger partial charge in [-0.25, -0.2) is 0 Å². The molecule has 0 saturated carbocycles. The number of piperazine rings is 1. The summed E-state index contributed by atoms with van der Waals surface area (Å²) in [6.07, 6.45) is 2.08. The fourth-order valence-electron chi connectivity index (χ4n) is 3.48. The number of carbonyl (C=O) groups excluding carboxylic acids is 1. The quantitative estimate of drug-likeness (QED) is 0.880. The van der Waals surface area contributed by atoms with Crippen molar-refractivity contribution in [2.45, 2.75) is 18.9 Å². The highest BCUT2D eigenvalue weighted by Gasteiger charge is 2.33. The van der Waals surface area contributed by atoms with Gasteiger partial charge in [-0.3, -0.25) is 4.79 Å². The normalized spacial score (nSPS) is 25.8. The van der Waals surface area contributed by atoms with Crippen molar-refractivity contribution in [2.75, 3.05) is 39.8 Å². The Morgan fingerprint density at radius 1 is 1.23 bits per heavy atom. The lowest BCUT2D eigenvalue weighted by Crippen LogP contribution is -2.52. The highest BCUT2D eigenvalue weighted by molar-refractivity contribution is 5.80. The molecule has 0 spiro atoms. The highest BCUT2D eigenvalue weighted by atomic mass is 16.5. The first-order chi connectivity index (χ1) is 10.8. The number of rotatable bonds is 3. The van der Waals surface area contributed by atoms with E-state index in [2.05, 4.69) is 16.7 Å². The van der Waals surface area contributed by atoms with Crippen molar-refractivity contribution in [3.8, 4) is 5.75 Å². The summed E-state index contributed by atoms with van der Waals surface area (Å²) in [6, 6.07) is 8.07. The molecule has 2 saturated heterocycles. The van der Waals surface area contributed by atoms with Gasteiger partial charge < -0.3 is 20.3 Å². The summed E-state index contributed by atoms with van der Waals surface area (Å²) in [5.74, 6) is 1.25. The van der Waals surface area contributed by atoms with Crippen LogP contribution in [0.15, 0.2) is 24.3 Å². The molecule has 0 bridgehead atoms. The zero-order valence-electron chi connectivity index (χ0n) is 13.2. The number of hydrogen-bond acceptors (Lipinski definition) is 4. The predicted molar refractivity (Wildman–Crippen MR) is 85.9 cm³/mol. The molecule has 22 heavy (non-hydrogen) atoms. The molecule has 5 heteroatoms. The molecule has 0 aromatic heterocycles. The Hall–Kier alpha value is -1.59. The van der Waals surface area contributed by atoms with Crippen LogP contribution >= 0.6 is 0 Å². The smallest absolute Gasteiger partial charge is 0.227 e. The average molecular weight is 303 g/mol. The zero-order valence-corrected chi connectivity index (χ0v) is 13.2. The number of hydrogen-bond donors (Lipinski definition) is 2. The summed E-state index contributed by atoms with van der Waals surface area (Å²) < 4.78 is 5.49. The fraction of sp³-hybridized carbons (Fsp3) is 0.588. The number of ether oxygens (including phenoxy) is 1. The van der Waals surface area contributed by atoms with Crippen LogP contribution in [0.3, 0.4) is 0 Å². The minimum absolute atomic E-state index is 0.0549. The van der Waals surface area contributed by atoms with Crippen molar-refractivity contribution in [1.29, 1.82) is 0 Å². The second-order valence-electron chi connectivity index (χ2n) is 6.04. The molecule has 3 rings (SSSR count). The van der Waals surface area contributed by atoms with E-state index >= 15 is 0 Å². The molecule has 2 aliphatic rings.